The summed E-state index contributed by atoms with van der Waals surface area (Å²) in [4.78, 5) is 51.4. The molecule has 4 amide bonds. The molecule has 3 rings (SSSR count). The third-order valence-electron chi connectivity index (χ3n) is 5.34. The summed E-state index contributed by atoms with van der Waals surface area (Å²) in [6.07, 6.45) is 6.70. The van der Waals surface area contributed by atoms with Crippen molar-refractivity contribution in [1.82, 2.24) is 15.1 Å². The molecule has 3 fully saturated rings. The highest BCUT2D eigenvalue weighted by Gasteiger charge is 2.51. The number of likely N-dealkylation sites (N-methyl/N-ethyl adjacent to an activating group) is 1. The maximum absolute atomic E-state index is 12.7. The molecular weight excluding hydrogens is 310 g/mol. The van der Waals surface area contributed by atoms with Gasteiger partial charge in [0.05, 0.1) is 12.0 Å². The SMILES string of the molecule is CN(CC(=O)NC1CC1)C(=O)CN1C(=O)CC2(CCCCC2)C1=O. The number of carbonyl (C=O) groups is 4. The van der Waals surface area contributed by atoms with Crippen LogP contribution in [0.5, 0.6) is 0 Å². The first-order valence-electron chi connectivity index (χ1n) is 8.79. The van der Waals surface area contributed by atoms with Crippen LogP contribution in [0.2, 0.25) is 0 Å². The molecule has 1 aliphatic heterocycles. The van der Waals surface area contributed by atoms with E-state index in [1.54, 1.807) is 0 Å². The molecule has 1 N–H and O–H groups in total. The third kappa shape index (κ3) is 3.44. The number of nitrogens with zero attached hydrogens (tertiary/aromatic N) is 2. The highest BCUT2D eigenvalue weighted by atomic mass is 16.2. The zero-order valence-corrected chi connectivity index (χ0v) is 14.2. The Balaban J connectivity index is 1.55. The maximum Gasteiger partial charge on any atom is 0.242 e. The summed E-state index contributed by atoms with van der Waals surface area (Å²) >= 11 is 0. The van der Waals surface area contributed by atoms with Crippen LogP contribution in [0, 0.1) is 5.41 Å². The molecule has 0 bridgehead atoms. The Labute approximate surface area is 141 Å². The van der Waals surface area contributed by atoms with Gasteiger partial charge in [0, 0.05) is 19.5 Å². The van der Waals surface area contributed by atoms with Crippen molar-refractivity contribution in [3.8, 4) is 0 Å². The van der Waals surface area contributed by atoms with Crippen LogP contribution in [0.1, 0.15) is 51.4 Å². The quantitative estimate of drug-likeness (QED) is 0.738. The fourth-order valence-electron chi connectivity index (χ4n) is 3.70. The average molecular weight is 335 g/mol. The lowest BCUT2D eigenvalue weighted by Gasteiger charge is -2.30. The Bertz CT molecular complexity index is 564. The van der Waals surface area contributed by atoms with E-state index >= 15 is 0 Å². The summed E-state index contributed by atoms with van der Waals surface area (Å²) < 4.78 is 0. The minimum Gasteiger partial charge on any atom is -0.352 e. The summed E-state index contributed by atoms with van der Waals surface area (Å²) in [6, 6.07) is 0.244. The first kappa shape index (κ1) is 16.9. The first-order valence-corrected chi connectivity index (χ1v) is 8.79. The largest absolute Gasteiger partial charge is 0.352 e. The van der Waals surface area contributed by atoms with E-state index in [2.05, 4.69) is 5.32 Å². The Morgan fingerprint density at radius 1 is 1.21 bits per heavy atom. The van der Waals surface area contributed by atoms with Gasteiger partial charge in [-0.05, 0) is 25.7 Å². The van der Waals surface area contributed by atoms with E-state index in [0.29, 0.717) is 0 Å². The second-order valence-corrected chi connectivity index (χ2v) is 7.39. The summed E-state index contributed by atoms with van der Waals surface area (Å²) in [5.74, 6) is -1.03. The topological polar surface area (TPSA) is 86.8 Å². The Kier molecular flexibility index (Phi) is 4.60. The van der Waals surface area contributed by atoms with Crippen LogP contribution in [0.15, 0.2) is 0 Å². The molecule has 0 aromatic heterocycles. The molecule has 1 heterocycles. The van der Waals surface area contributed by atoms with Gasteiger partial charge in [-0.15, -0.1) is 0 Å². The van der Waals surface area contributed by atoms with Crippen LogP contribution < -0.4 is 5.32 Å². The van der Waals surface area contributed by atoms with Gasteiger partial charge in [-0.3, -0.25) is 24.1 Å². The predicted molar refractivity (Wildman–Crippen MR) is 85.7 cm³/mol. The number of amides is 4. The number of likely N-dealkylation sites (tertiary alicyclic amines) is 1. The number of hydrogen-bond donors (Lipinski definition) is 1. The van der Waals surface area contributed by atoms with Crippen molar-refractivity contribution >= 4 is 23.6 Å². The highest BCUT2D eigenvalue weighted by molar-refractivity contribution is 6.08. The Morgan fingerprint density at radius 2 is 1.88 bits per heavy atom. The fourth-order valence-corrected chi connectivity index (χ4v) is 3.70. The van der Waals surface area contributed by atoms with Gasteiger partial charge in [0.15, 0.2) is 0 Å². The van der Waals surface area contributed by atoms with Crippen LogP contribution in [-0.4, -0.2) is 59.6 Å². The zero-order chi connectivity index (χ0) is 17.3. The summed E-state index contributed by atoms with van der Waals surface area (Å²) in [5.41, 5.74) is -0.572. The second kappa shape index (κ2) is 6.53. The van der Waals surface area contributed by atoms with E-state index < -0.39 is 5.41 Å². The van der Waals surface area contributed by atoms with Gasteiger partial charge in [0.1, 0.15) is 6.54 Å². The van der Waals surface area contributed by atoms with Crippen molar-refractivity contribution in [2.45, 2.75) is 57.4 Å². The second-order valence-electron chi connectivity index (χ2n) is 7.39. The van der Waals surface area contributed by atoms with Gasteiger partial charge in [0.2, 0.25) is 23.6 Å². The smallest absolute Gasteiger partial charge is 0.242 e. The molecule has 1 saturated heterocycles. The summed E-state index contributed by atoms with van der Waals surface area (Å²) in [6.45, 7) is -0.302. The van der Waals surface area contributed by atoms with Gasteiger partial charge in [0.25, 0.3) is 0 Å². The fraction of sp³-hybridized carbons (Fsp3) is 0.765. The molecule has 0 aromatic rings. The molecule has 0 radical (unpaired) electrons. The van der Waals surface area contributed by atoms with Crippen molar-refractivity contribution in [3.63, 3.8) is 0 Å². The molecule has 7 nitrogen and oxygen atoms in total. The van der Waals surface area contributed by atoms with Gasteiger partial charge in [-0.1, -0.05) is 19.3 Å². The summed E-state index contributed by atoms with van der Waals surface area (Å²) in [7, 11) is 1.52. The van der Waals surface area contributed by atoms with Gasteiger partial charge < -0.3 is 10.2 Å². The predicted octanol–water partition coefficient (Wildman–Crippen LogP) is 0.433. The molecule has 7 heteroatoms. The van der Waals surface area contributed by atoms with Gasteiger partial charge in [-0.2, -0.15) is 0 Å². The van der Waals surface area contributed by atoms with Crippen molar-refractivity contribution < 1.29 is 19.2 Å². The number of rotatable bonds is 5. The molecule has 2 saturated carbocycles. The Morgan fingerprint density at radius 3 is 2.50 bits per heavy atom. The van der Waals surface area contributed by atoms with Crippen LogP contribution in [0.4, 0.5) is 0 Å². The molecule has 3 aliphatic rings. The van der Waals surface area contributed by atoms with Gasteiger partial charge >= 0.3 is 0 Å². The molecule has 0 atom stereocenters. The molecule has 132 valence electrons. The normalized spacial score (nSPS) is 22.8. The molecule has 2 aliphatic carbocycles. The minimum atomic E-state index is -0.572. The highest BCUT2D eigenvalue weighted by Crippen LogP contribution is 2.45. The number of nitrogens with one attached hydrogen (secondary N) is 1. The maximum atomic E-state index is 12.7. The standard InChI is InChI=1S/C17H25N3O4/c1-19(10-13(21)18-12-5-6-12)15(23)11-20-14(22)9-17(16(20)24)7-3-2-4-8-17/h12H,2-11H2,1H3,(H,18,21). The lowest BCUT2D eigenvalue weighted by atomic mass is 9.73. The third-order valence-corrected chi connectivity index (χ3v) is 5.34. The van der Waals surface area contributed by atoms with Crippen molar-refractivity contribution in [1.29, 1.82) is 0 Å². The van der Waals surface area contributed by atoms with Crippen LogP contribution in [0.3, 0.4) is 0 Å². The number of hydrogen-bond acceptors (Lipinski definition) is 4. The molecule has 24 heavy (non-hydrogen) atoms. The van der Waals surface area contributed by atoms with Crippen LogP contribution in [0.25, 0.3) is 0 Å². The van der Waals surface area contributed by atoms with Gasteiger partial charge in [-0.25, -0.2) is 0 Å². The van der Waals surface area contributed by atoms with E-state index in [4.69, 9.17) is 0 Å². The van der Waals surface area contributed by atoms with Crippen LogP contribution in [-0.2, 0) is 19.2 Å². The number of carbonyl (C=O) groups excluding carboxylic acids is 4. The lowest BCUT2D eigenvalue weighted by molar-refractivity contribution is -0.148. The van der Waals surface area contributed by atoms with E-state index in [1.165, 1.54) is 11.9 Å². The first-order chi connectivity index (χ1) is 11.4. The van der Waals surface area contributed by atoms with Crippen molar-refractivity contribution in [2.75, 3.05) is 20.1 Å². The molecular formula is C17H25N3O4. The lowest BCUT2D eigenvalue weighted by Crippen LogP contribution is -2.46. The monoisotopic (exact) mass is 335 g/mol. The Hall–Kier alpha value is -1.92. The van der Waals surface area contributed by atoms with Crippen LogP contribution >= 0.6 is 0 Å². The van der Waals surface area contributed by atoms with Crippen molar-refractivity contribution in [2.24, 2.45) is 5.41 Å². The van der Waals surface area contributed by atoms with E-state index in [1.807, 2.05) is 0 Å². The average Bonchev–Trinajstić information content (AvgIpc) is 3.32. The summed E-state index contributed by atoms with van der Waals surface area (Å²) in [5, 5.41) is 2.82. The van der Waals surface area contributed by atoms with Crippen molar-refractivity contribution in [3.05, 3.63) is 0 Å². The van der Waals surface area contributed by atoms with E-state index in [-0.39, 0.29) is 49.2 Å². The van der Waals surface area contributed by atoms with E-state index in [0.717, 1.165) is 49.8 Å². The minimum absolute atomic E-state index is 0.0449. The molecule has 1 spiro atoms. The van der Waals surface area contributed by atoms with E-state index in [9.17, 15) is 19.2 Å². The molecule has 0 aromatic carbocycles. The molecule has 0 unspecified atom stereocenters. The number of imide groups is 1. The zero-order valence-electron chi connectivity index (χ0n) is 14.2.